The maximum absolute atomic E-state index is 12.7. The third-order valence-electron chi connectivity index (χ3n) is 4.58. The third kappa shape index (κ3) is 3.72. The molecular formula is C19H25N5O3. The summed E-state index contributed by atoms with van der Waals surface area (Å²) >= 11 is 0. The molecule has 0 fully saturated rings. The van der Waals surface area contributed by atoms with Crippen molar-refractivity contribution < 1.29 is 5.11 Å². The van der Waals surface area contributed by atoms with Gasteiger partial charge in [0.15, 0.2) is 11.2 Å². The van der Waals surface area contributed by atoms with Crippen molar-refractivity contribution in [3.05, 3.63) is 62.6 Å². The van der Waals surface area contributed by atoms with Gasteiger partial charge in [0.25, 0.3) is 5.56 Å². The third-order valence-corrected chi connectivity index (χ3v) is 4.58. The standard InChI is InChI=1S/C19H25N5O3/c1-13(25)10-24-15(12-21(2)11-14-8-6-5-7-9-14)20-17-16(24)18(26)23(4)19(27)22(17)3/h5-9,13,25H,10-12H2,1-4H3. The predicted molar refractivity (Wildman–Crippen MR) is 104 cm³/mol. The van der Waals surface area contributed by atoms with Crippen molar-refractivity contribution in [2.45, 2.75) is 32.7 Å². The highest BCUT2D eigenvalue weighted by Gasteiger charge is 2.20. The Labute approximate surface area is 156 Å². The quantitative estimate of drug-likeness (QED) is 0.680. The second-order valence-corrected chi connectivity index (χ2v) is 7.02. The maximum Gasteiger partial charge on any atom is 0.332 e. The summed E-state index contributed by atoms with van der Waals surface area (Å²) in [5.41, 5.74) is 1.02. The molecule has 1 aromatic carbocycles. The molecule has 1 unspecified atom stereocenters. The number of imidazole rings is 1. The number of hydrogen-bond donors (Lipinski definition) is 1. The summed E-state index contributed by atoms with van der Waals surface area (Å²) in [7, 11) is 5.02. The lowest BCUT2D eigenvalue weighted by Crippen LogP contribution is -2.37. The molecule has 0 spiro atoms. The second-order valence-electron chi connectivity index (χ2n) is 7.02. The number of aliphatic hydroxyl groups is 1. The lowest BCUT2D eigenvalue weighted by atomic mass is 10.2. The summed E-state index contributed by atoms with van der Waals surface area (Å²) in [4.78, 5) is 31.6. The van der Waals surface area contributed by atoms with E-state index in [1.807, 2.05) is 25.2 Å². The average molecular weight is 371 g/mol. The van der Waals surface area contributed by atoms with Crippen LogP contribution in [0.1, 0.15) is 18.3 Å². The number of aryl methyl sites for hydroxylation is 1. The number of rotatable bonds is 6. The van der Waals surface area contributed by atoms with Crippen LogP contribution >= 0.6 is 0 Å². The van der Waals surface area contributed by atoms with Gasteiger partial charge < -0.3 is 9.67 Å². The van der Waals surface area contributed by atoms with Gasteiger partial charge in [-0.15, -0.1) is 0 Å². The van der Waals surface area contributed by atoms with Crippen molar-refractivity contribution in [2.75, 3.05) is 7.05 Å². The Morgan fingerprint density at radius 3 is 2.41 bits per heavy atom. The molecule has 3 aromatic rings. The van der Waals surface area contributed by atoms with Gasteiger partial charge in [-0.25, -0.2) is 9.78 Å². The minimum absolute atomic E-state index is 0.235. The monoisotopic (exact) mass is 371 g/mol. The van der Waals surface area contributed by atoms with E-state index < -0.39 is 17.4 Å². The molecule has 0 amide bonds. The van der Waals surface area contributed by atoms with E-state index in [0.29, 0.717) is 23.5 Å². The molecular weight excluding hydrogens is 346 g/mol. The van der Waals surface area contributed by atoms with E-state index >= 15 is 0 Å². The van der Waals surface area contributed by atoms with Gasteiger partial charge in [0.1, 0.15) is 5.82 Å². The minimum Gasteiger partial charge on any atom is -0.392 e. The van der Waals surface area contributed by atoms with Gasteiger partial charge in [0, 0.05) is 20.6 Å². The largest absolute Gasteiger partial charge is 0.392 e. The molecule has 1 N–H and O–H groups in total. The molecule has 0 aliphatic heterocycles. The Morgan fingerprint density at radius 2 is 1.78 bits per heavy atom. The van der Waals surface area contributed by atoms with Gasteiger partial charge in [-0.1, -0.05) is 30.3 Å². The van der Waals surface area contributed by atoms with Crippen LogP contribution in [-0.2, 0) is 33.7 Å². The van der Waals surface area contributed by atoms with Crippen LogP contribution in [0.3, 0.4) is 0 Å². The predicted octanol–water partition coefficient (Wildman–Crippen LogP) is 0.447. The fourth-order valence-electron chi connectivity index (χ4n) is 3.27. The van der Waals surface area contributed by atoms with E-state index in [-0.39, 0.29) is 6.54 Å². The molecule has 2 heterocycles. The van der Waals surface area contributed by atoms with Crippen LogP contribution in [-0.4, -0.2) is 41.8 Å². The Kier molecular flexibility index (Phi) is 5.29. The highest BCUT2D eigenvalue weighted by atomic mass is 16.3. The van der Waals surface area contributed by atoms with E-state index in [4.69, 9.17) is 0 Å². The van der Waals surface area contributed by atoms with E-state index in [2.05, 4.69) is 22.0 Å². The van der Waals surface area contributed by atoms with Crippen LogP contribution < -0.4 is 11.2 Å². The molecule has 0 saturated carbocycles. The second kappa shape index (κ2) is 7.50. The fourth-order valence-corrected chi connectivity index (χ4v) is 3.27. The normalized spacial score (nSPS) is 12.8. The van der Waals surface area contributed by atoms with Gasteiger partial charge >= 0.3 is 5.69 Å². The average Bonchev–Trinajstić information content (AvgIpc) is 2.96. The Balaban J connectivity index is 2.06. The zero-order valence-corrected chi connectivity index (χ0v) is 16.1. The molecule has 8 heteroatoms. The van der Waals surface area contributed by atoms with Crippen molar-refractivity contribution in [1.82, 2.24) is 23.6 Å². The molecule has 8 nitrogen and oxygen atoms in total. The number of benzene rings is 1. The van der Waals surface area contributed by atoms with Crippen LogP contribution in [0.15, 0.2) is 39.9 Å². The summed E-state index contributed by atoms with van der Waals surface area (Å²) in [6, 6.07) is 10.1. The number of nitrogens with zero attached hydrogens (tertiary/aromatic N) is 5. The minimum atomic E-state index is -0.650. The Morgan fingerprint density at radius 1 is 1.11 bits per heavy atom. The van der Waals surface area contributed by atoms with Crippen LogP contribution in [0.25, 0.3) is 11.2 Å². The van der Waals surface area contributed by atoms with Crippen molar-refractivity contribution in [3.8, 4) is 0 Å². The zero-order chi connectivity index (χ0) is 19.7. The molecule has 2 aromatic heterocycles. The molecule has 0 saturated heterocycles. The van der Waals surface area contributed by atoms with E-state index in [9.17, 15) is 14.7 Å². The van der Waals surface area contributed by atoms with Crippen LogP contribution in [0.2, 0.25) is 0 Å². The van der Waals surface area contributed by atoms with Gasteiger partial charge in [0.2, 0.25) is 0 Å². The topological polar surface area (TPSA) is 85.3 Å². The van der Waals surface area contributed by atoms with Crippen LogP contribution in [0.4, 0.5) is 0 Å². The maximum atomic E-state index is 12.7. The highest BCUT2D eigenvalue weighted by Crippen LogP contribution is 2.15. The number of aliphatic hydroxyl groups excluding tert-OH is 1. The first-order valence-corrected chi connectivity index (χ1v) is 8.85. The Bertz CT molecular complexity index is 1060. The van der Waals surface area contributed by atoms with E-state index in [1.54, 1.807) is 18.5 Å². The molecule has 0 radical (unpaired) electrons. The molecule has 0 aliphatic carbocycles. The van der Waals surface area contributed by atoms with Crippen molar-refractivity contribution in [2.24, 2.45) is 14.1 Å². The van der Waals surface area contributed by atoms with E-state index in [1.165, 1.54) is 17.2 Å². The first-order valence-electron chi connectivity index (χ1n) is 8.85. The summed E-state index contributed by atoms with van der Waals surface area (Å²) < 4.78 is 4.17. The van der Waals surface area contributed by atoms with Gasteiger partial charge in [0.05, 0.1) is 19.2 Å². The van der Waals surface area contributed by atoms with Gasteiger partial charge in [-0.2, -0.15) is 0 Å². The molecule has 144 valence electrons. The summed E-state index contributed by atoms with van der Waals surface area (Å²) in [5, 5.41) is 9.92. The highest BCUT2D eigenvalue weighted by molar-refractivity contribution is 5.71. The lowest BCUT2D eigenvalue weighted by Gasteiger charge is -2.18. The fraction of sp³-hybridized carbons (Fsp3) is 0.421. The van der Waals surface area contributed by atoms with Crippen molar-refractivity contribution >= 4 is 11.2 Å². The smallest absolute Gasteiger partial charge is 0.332 e. The SMILES string of the molecule is CC(O)Cn1c(CN(C)Cc2ccccc2)nc2c1c(=O)n(C)c(=O)n2C. The Hall–Kier alpha value is -2.71. The first-order chi connectivity index (χ1) is 12.8. The molecule has 3 rings (SSSR count). The molecule has 27 heavy (non-hydrogen) atoms. The van der Waals surface area contributed by atoms with Crippen LogP contribution in [0.5, 0.6) is 0 Å². The lowest BCUT2D eigenvalue weighted by molar-refractivity contribution is 0.171. The number of fused-ring (bicyclic) bond motifs is 1. The zero-order valence-electron chi connectivity index (χ0n) is 16.1. The van der Waals surface area contributed by atoms with Gasteiger partial charge in [-0.05, 0) is 19.5 Å². The van der Waals surface area contributed by atoms with Crippen molar-refractivity contribution in [3.63, 3.8) is 0 Å². The van der Waals surface area contributed by atoms with Gasteiger partial charge in [-0.3, -0.25) is 18.8 Å². The number of aromatic nitrogens is 4. The molecule has 0 aliphatic rings. The first kappa shape index (κ1) is 19.1. The van der Waals surface area contributed by atoms with E-state index in [0.717, 1.165) is 11.1 Å². The van der Waals surface area contributed by atoms with Crippen LogP contribution in [0, 0.1) is 0 Å². The van der Waals surface area contributed by atoms with Crippen molar-refractivity contribution in [1.29, 1.82) is 0 Å². The summed E-state index contributed by atoms with van der Waals surface area (Å²) in [6.45, 7) is 3.09. The summed E-state index contributed by atoms with van der Waals surface area (Å²) in [5.74, 6) is 0.641. The number of hydrogen-bond acceptors (Lipinski definition) is 5. The summed E-state index contributed by atoms with van der Waals surface area (Å²) in [6.07, 6.45) is -0.650. The molecule has 0 bridgehead atoms. The molecule has 1 atom stereocenters.